The van der Waals surface area contributed by atoms with Crippen LogP contribution < -0.4 is 10.1 Å². The predicted molar refractivity (Wildman–Crippen MR) is 107 cm³/mol. The van der Waals surface area contributed by atoms with Crippen LogP contribution in [0.15, 0.2) is 36.4 Å². The van der Waals surface area contributed by atoms with Gasteiger partial charge in [-0.25, -0.2) is 0 Å². The first-order valence-corrected chi connectivity index (χ1v) is 9.64. The third-order valence-corrected chi connectivity index (χ3v) is 5.43. The molecule has 1 aliphatic rings. The van der Waals surface area contributed by atoms with Crippen molar-refractivity contribution in [3.05, 3.63) is 51.1 Å². The van der Waals surface area contributed by atoms with E-state index in [0.717, 1.165) is 20.7 Å². The third kappa shape index (κ3) is 4.15. The first-order chi connectivity index (χ1) is 11.7. The Hall–Kier alpha value is -1.43. The van der Waals surface area contributed by atoms with Crippen molar-refractivity contribution in [3.8, 4) is 11.5 Å². The Morgan fingerprint density at radius 1 is 1.12 bits per heavy atom. The molecular weight excluding hydrogens is 413 g/mol. The molecule has 4 heteroatoms. The molecule has 0 atom stereocenters. The topological polar surface area (TPSA) is 41.5 Å². The predicted octanol–water partition coefficient (Wildman–Crippen LogP) is 5.67. The fourth-order valence-corrected chi connectivity index (χ4v) is 4.08. The van der Waals surface area contributed by atoms with E-state index < -0.39 is 0 Å². The molecule has 2 aromatic carbocycles. The second-order valence-corrected chi connectivity index (χ2v) is 7.67. The fourth-order valence-electron chi connectivity index (χ4n) is 3.43. The molecule has 0 aliphatic heterocycles. The minimum absolute atomic E-state index is 0.212. The molecule has 2 aromatic rings. The monoisotopic (exact) mass is 437 g/mol. The number of benzene rings is 2. The van der Waals surface area contributed by atoms with E-state index in [2.05, 4.69) is 52.2 Å². The van der Waals surface area contributed by atoms with E-state index in [0.29, 0.717) is 12.3 Å². The van der Waals surface area contributed by atoms with Gasteiger partial charge in [0.25, 0.3) is 0 Å². The summed E-state index contributed by atoms with van der Waals surface area (Å²) in [6, 6.07) is 12.6. The number of nitrogens with one attached hydrogen (secondary N) is 1. The average molecular weight is 437 g/mol. The number of rotatable bonds is 5. The van der Waals surface area contributed by atoms with Crippen molar-refractivity contribution in [3.63, 3.8) is 0 Å². The van der Waals surface area contributed by atoms with Gasteiger partial charge in [0, 0.05) is 21.4 Å². The summed E-state index contributed by atoms with van der Waals surface area (Å²) in [5, 5.41) is 13.6. The molecule has 0 saturated heterocycles. The lowest BCUT2D eigenvalue weighted by molar-refractivity contribution is 0.370. The molecule has 0 bridgehead atoms. The molecule has 128 valence electrons. The van der Waals surface area contributed by atoms with Gasteiger partial charge in [0.15, 0.2) is 11.5 Å². The lowest BCUT2D eigenvalue weighted by Crippen LogP contribution is -2.05. The minimum atomic E-state index is 0.212. The summed E-state index contributed by atoms with van der Waals surface area (Å²) >= 11 is 2.24. The number of anilines is 1. The van der Waals surface area contributed by atoms with E-state index in [-0.39, 0.29) is 5.75 Å². The average Bonchev–Trinajstić information content (AvgIpc) is 2.63. The van der Waals surface area contributed by atoms with Crippen molar-refractivity contribution in [2.45, 2.75) is 44.6 Å². The first kappa shape index (κ1) is 17.4. The van der Waals surface area contributed by atoms with Gasteiger partial charge in [-0.15, -0.1) is 0 Å². The molecule has 0 aromatic heterocycles. The molecule has 3 nitrogen and oxygen atoms in total. The van der Waals surface area contributed by atoms with E-state index >= 15 is 0 Å². The number of hydrogen-bond donors (Lipinski definition) is 2. The van der Waals surface area contributed by atoms with Crippen molar-refractivity contribution in [2.75, 3.05) is 12.4 Å². The highest BCUT2D eigenvalue weighted by atomic mass is 127. The Morgan fingerprint density at radius 3 is 2.50 bits per heavy atom. The minimum Gasteiger partial charge on any atom is -0.504 e. The van der Waals surface area contributed by atoms with Gasteiger partial charge in [0.2, 0.25) is 0 Å². The van der Waals surface area contributed by atoms with E-state index in [4.69, 9.17) is 4.74 Å². The van der Waals surface area contributed by atoms with Crippen LogP contribution in [-0.2, 0) is 6.54 Å². The van der Waals surface area contributed by atoms with Crippen molar-refractivity contribution < 1.29 is 9.84 Å². The number of methoxy groups -OCH3 is 1. The number of halogens is 1. The van der Waals surface area contributed by atoms with E-state index in [9.17, 15) is 5.11 Å². The lowest BCUT2D eigenvalue weighted by Gasteiger charge is -2.22. The SMILES string of the molecule is COc1cc(I)cc(CNc2ccc(C3CCCCC3)cc2)c1O. The number of hydrogen-bond acceptors (Lipinski definition) is 3. The van der Waals surface area contributed by atoms with Crippen LogP contribution in [0.2, 0.25) is 0 Å². The molecule has 0 spiro atoms. The molecule has 0 amide bonds. The van der Waals surface area contributed by atoms with Crippen LogP contribution in [0.4, 0.5) is 5.69 Å². The highest BCUT2D eigenvalue weighted by molar-refractivity contribution is 14.1. The van der Waals surface area contributed by atoms with Gasteiger partial charge in [-0.1, -0.05) is 31.4 Å². The third-order valence-electron chi connectivity index (χ3n) is 4.81. The molecule has 1 saturated carbocycles. The smallest absolute Gasteiger partial charge is 0.162 e. The number of ether oxygens (including phenoxy) is 1. The van der Waals surface area contributed by atoms with Crippen LogP contribution >= 0.6 is 22.6 Å². The summed E-state index contributed by atoms with van der Waals surface area (Å²) < 4.78 is 6.27. The van der Waals surface area contributed by atoms with Gasteiger partial charge in [0.05, 0.1) is 7.11 Å². The molecule has 1 aliphatic carbocycles. The Morgan fingerprint density at radius 2 is 1.83 bits per heavy atom. The van der Waals surface area contributed by atoms with Crippen LogP contribution in [0, 0.1) is 3.57 Å². The maximum Gasteiger partial charge on any atom is 0.162 e. The molecule has 0 radical (unpaired) electrons. The maximum atomic E-state index is 10.2. The molecule has 2 N–H and O–H groups in total. The van der Waals surface area contributed by atoms with Crippen molar-refractivity contribution in [2.24, 2.45) is 0 Å². The van der Waals surface area contributed by atoms with Crippen LogP contribution in [-0.4, -0.2) is 12.2 Å². The molecule has 0 unspecified atom stereocenters. The number of phenolic OH excluding ortho intramolecular Hbond substituents is 1. The zero-order valence-corrected chi connectivity index (χ0v) is 16.2. The Bertz CT molecular complexity index is 679. The maximum absolute atomic E-state index is 10.2. The molecular formula is C20H24INO2. The Labute approximate surface area is 157 Å². The number of aromatic hydroxyl groups is 1. The standard InChI is InChI=1S/C20H24INO2/c1-24-19-12-17(21)11-16(20(19)23)13-22-18-9-7-15(8-10-18)14-5-3-2-4-6-14/h7-12,14,22-23H,2-6,13H2,1H3. The zero-order chi connectivity index (χ0) is 16.9. The second-order valence-electron chi connectivity index (χ2n) is 6.43. The van der Waals surface area contributed by atoms with E-state index in [1.165, 1.54) is 37.7 Å². The Kier molecular flexibility index (Phi) is 5.87. The molecule has 1 fully saturated rings. The van der Waals surface area contributed by atoms with Crippen molar-refractivity contribution >= 4 is 28.3 Å². The van der Waals surface area contributed by atoms with Crippen LogP contribution in [0.25, 0.3) is 0 Å². The van der Waals surface area contributed by atoms with Gasteiger partial charge in [-0.05, 0) is 71.2 Å². The normalized spacial score (nSPS) is 15.2. The summed E-state index contributed by atoms with van der Waals surface area (Å²) in [5.74, 6) is 1.47. The summed E-state index contributed by atoms with van der Waals surface area (Å²) in [6.45, 7) is 0.571. The summed E-state index contributed by atoms with van der Waals surface area (Å²) in [4.78, 5) is 0. The van der Waals surface area contributed by atoms with E-state index in [1.807, 2.05) is 12.1 Å². The van der Waals surface area contributed by atoms with Crippen LogP contribution in [0.5, 0.6) is 11.5 Å². The fraction of sp³-hybridized carbons (Fsp3) is 0.400. The van der Waals surface area contributed by atoms with Crippen LogP contribution in [0.3, 0.4) is 0 Å². The molecule has 0 heterocycles. The van der Waals surface area contributed by atoms with Gasteiger partial charge in [0.1, 0.15) is 0 Å². The summed E-state index contributed by atoms with van der Waals surface area (Å²) in [5.41, 5.74) is 3.38. The Balaban J connectivity index is 1.65. The molecule has 24 heavy (non-hydrogen) atoms. The van der Waals surface area contributed by atoms with Crippen LogP contribution in [0.1, 0.15) is 49.1 Å². The van der Waals surface area contributed by atoms with E-state index in [1.54, 1.807) is 7.11 Å². The molecule has 3 rings (SSSR count). The first-order valence-electron chi connectivity index (χ1n) is 8.56. The highest BCUT2D eigenvalue weighted by Gasteiger charge is 2.15. The quantitative estimate of drug-likeness (QED) is 0.593. The highest BCUT2D eigenvalue weighted by Crippen LogP contribution is 2.34. The van der Waals surface area contributed by atoms with Gasteiger partial charge >= 0.3 is 0 Å². The van der Waals surface area contributed by atoms with Crippen molar-refractivity contribution in [1.29, 1.82) is 0 Å². The second kappa shape index (κ2) is 8.10. The van der Waals surface area contributed by atoms with Gasteiger partial charge in [-0.3, -0.25) is 0 Å². The summed E-state index contributed by atoms with van der Waals surface area (Å²) in [6.07, 6.45) is 6.75. The van der Waals surface area contributed by atoms with Gasteiger partial charge in [-0.2, -0.15) is 0 Å². The van der Waals surface area contributed by atoms with Crippen molar-refractivity contribution in [1.82, 2.24) is 0 Å². The number of phenols is 1. The lowest BCUT2D eigenvalue weighted by atomic mass is 9.84. The van der Waals surface area contributed by atoms with Gasteiger partial charge < -0.3 is 15.2 Å². The summed E-state index contributed by atoms with van der Waals surface area (Å²) in [7, 11) is 1.58. The largest absolute Gasteiger partial charge is 0.504 e. The zero-order valence-electron chi connectivity index (χ0n) is 14.0.